The predicted molar refractivity (Wildman–Crippen MR) is 94.1 cm³/mol. The van der Waals surface area contributed by atoms with Gasteiger partial charge < -0.3 is 24.1 Å². The van der Waals surface area contributed by atoms with E-state index in [4.69, 9.17) is 18.9 Å². The molecule has 1 N–H and O–H groups in total. The molecule has 0 fully saturated rings. The van der Waals surface area contributed by atoms with Gasteiger partial charge in [0.1, 0.15) is 28.7 Å². The fourth-order valence-electron chi connectivity index (χ4n) is 2.29. The molecule has 2 aromatic carbocycles. The number of phenols is 1. The van der Waals surface area contributed by atoms with Crippen LogP contribution in [0.4, 0.5) is 0 Å². The highest BCUT2D eigenvalue weighted by Gasteiger charge is 2.13. The summed E-state index contributed by atoms with van der Waals surface area (Å²) in [5, 5.41) is 9.96. The molecule has 0 aliphatic carbocycles. The van der Waals surface area contributed by atoms with Crippen LogP contribution in [0.1, 0.15) is 15.9 Å². The van der Waals surface area contributed by atoms with Crippen LogP contribution in [0.25, 0.3) is 6.08 Å². The van der Waals surface area contributed by atoms with Gasteiger partial charge in [-0.25, -0.2) is 0 Å². The van der Waals surface area contributed by atoms with Gasteiger partial charge in [0, 0.05) is 18.2 Å². The van der Waals surface area contributed by atoms with Crippen molar-refractivity contribution in [1.82, 2.24) is 0 Å². The second-order valence-corrected chi connectivity index (χ2v) is 5.03. The Morgan fingerprint density at radius 1 is 0.880 bits per heavy atom. The van der Waals surface area contributed by atoms with E-state index in [1.807, 2.05) is 0 Å². The lowest BCUT2D eigenvalue weighted by atomic mass is 10.1. The van der Waals surface area contributed by atoms with E-state index >= 15 is 0 Å². The normalized spacial score (nSPS) is 10.6. The van der Waals surface area contributed by atoms with Gasteiger partial charge in [-0.05, 0) is 24.3 Å². The van der Waals surface area contributed by atoms with Gasteiger partial charge in [-0.2, -0.15) is 0 Å². The Morgan fingerprint density at radius 3 is 1.96 bits per heavy atom. The molecule has 0 atom stereocenters. The highest BCUT2D eigenvalue weighted by molar-refractivity contribution is 6.09. The summed E-state index contributed by atoms with van der Waals surface area (Å²) in [6.07, 6.45) is 2.91. The number of hydrogen-bond donors (Lipinski definition) is 1. The number of carbonyl (C=O) groups is 1. The molecule has 0 spiro atoms. The molecule has 25 heavy (non-hydrogen) atoms. The molecule has 0 bridgehead atoms. The van der Waals surface area contributed by atoms with Gasteiger partial charge in [-0.3, -0.25) is 4.79 Å². The summed E-state index contributed by atoms with van der Waals surface area (Å²) in [6, 6.07) is 7.88. The monoisotopic (exact) mass is 344 g/mol. The molecular formula is C19H20O6. The van der Waals surface area contributed by atoms with Crippen molar-refractivity contribution in [1.29, 1.82) is 0 Å². The topological polar surface area (TPSA) is 74.2 Å². The molecule has 0 saturated heterocycles. The van der Waals surface area contributed by atoms with Crippen molar-refractivity contribution >= 4 is 11.9 Å². The fourth-order valence-corrected chi connectivity index (χ4v) is 2.29. The molecule has 6 nitrogen and oxygen atoms in total. The number of allylic oxidation sites excluding steroid dienone is 1. The standard InChI is InChI=1S/C19H20O6/c1-22-12-5-6-14(17(21)9-12)16(20)8-7-15-18(24-3)10-13(23-2)11-19(15)25-4/h5-11,21H,1-4H3/b8-7+. The van der Waals surface area contributed by atoms with E-state index in [9.17, 15) is 9.90 Å². The van der Waals surface area contributed by atoms with Gasteiger partial charge in [0.2, 0.25) is 0 Å². The van der Waals surface area contributed by atoms with E-state index < -0.39 is 0 Å². The minimum atomic E-state index is -0.361. The zero-order chi connectivity index (χ0) is 18.4. The van der Waals surface area contributed by atoms with Crippen LogP contribution in [-0.2, 0) is 0 Å². The second kappa shape index (κ2) is 8.10. The number of carbonyl (C=O) groups excluding carboxylic acids is 1. The van der Waals surface area contributed by atoms with Crippen LogP contribution in [0.2, 0.25) is 0 Å². The first-order chi connectivity index (χ1) is 12.0. The lowest BCUT2D eigenvalue weighted by Crippen LogP contribution is -1.97. The van der Waals surface area contributed by atoms with Gasteiger partial charge >= 0.3 is 0 Å². The number of phenolic OH excluding ortho intramolecular Hbond substituents is 1. The number of rotatable bonds is 7. The first-order valence-electron chi connectivity index (χ1n) is 7.43. The third-order valence-electron chi connectivity index (χ3n) is 3.62. The lowest BCUT2D eigenvalue weighted by molar-refractivity contribution is 0.104. The lowest BCUT2D eigenvalue weighted by Gasteiger charge is -2.12. The molecule has 0 saturated carbocycles. The Balaban J connectivity index is 2.37. The summed E-state index contributed by atoms with van der Waals surface area (Å²) >= 11 is 0. The zero-order valence-corrected chi connectivity index (χ0v) is 14.5. The number of methoxy groups -OCH3 is 4. The Hall–Kier alpha value is -3.15. The number of ether oxygens (including phenoxy) is 4. The quantitative estimate of drug-likeness (QED) is 0.613. The minimum Gasteiger partial charge on any atom is -0.507 e. The number of ketones is 1. The Morgan fingerprint density at radius 2 is 1.48 bits per heavy atom. The molecule has 6 heteroatoms. The van der Waals surface area contributed by atoms with Crippen LogP contribution in [0, 0.1) is 0 Å². The van der Waals surface area contributed by atoms with Crippen LogP contribution >= 0.6 is 0 Å². The van der Waals surface area contributed by atoms with Crippen LogP contribution in [-0.4, -0.2) is 39.3 Å². The van der Waals surface area contributed by atoms with Crippen molar-refractivity contribution in [3.05, 3.63) is 47.5 Å². The SMILES string of the molecule is COc1ccc(C(=O)/C=C/c2c(OC)cc(OC)cc2OC)c(O)c1. The fraction of sp³-hybridized carbons (Fsp3) is 0.211. The maximum atomic E-state index is 12.4. The Bertz CT molecular complexity index is 769. The largest absolute Gasteiger partial charge is 0.507 e. The molecular weight excluding hydrogens is 324 g/mol. The first kappa shape index (κ1) is 18.2. The average Bonchev–Trinajstić information content (AvgIpc) is 2.64. The average molecular weight is 344 g/mol. The van der Waals surface area contributed by atoms with Crippen molar-refractivity contribution in [3.8, 4) is 28.7 Å². The minimum absolute atomic E-state index is 0.150. The van der Waals surface area contributed by atoms with Crippen molar-refractivity contribution in [2.75, 3.05) is 28.4 Å². The Labute approximate surface area is 146 Å². The third kappa shape index (κ3) is 4.03. The summed E-state index contributed by atoms with van der Waals surface area (Å²) in [5.41, 5.74) is 0.760. The third-order valence-corrected chi connectivity index (χ3v) is 3.62. The van der Waals surface area contributed by atoms with Gasteiger partial charge in [0.25, 0.3) is 0 Å². The van der Waals surface area contributed by atoms with Crippen molar-refractivity contribution in [2.24, 2.45) is 0 Å². The first-order valence-corrected chi connectivity index (χ1v) is 7.43. The van der Waals surface area contributed by atoms with E-state index in [0.717, 1.165) is 0 Å². The summed E-state index contributed by atoms with van der Waals surface area (Å²) < 4.78 is 20.9. The van der Waals surface area contributed by atoms with Gasteiger partial charge in [-0.15, -0.1) is 0 Å². The summed E-state index contributed by atoms with van der Waals surface area (Å²) in [5.74, 6) is 1.53. The molecule has 0 amide bonds. The van der Waals surface area contributed by atoms with E-state index in [0.29, 0.717) is 28.6 Å². The van der Waals surface area contributed by atoms with E-state index in [1.54, 1.807) is 31.4 Å². The van der Waals surface area contributed by atoms with E-state index in [-0.39, 0.29) is 17.1 Å². The molecule has 0 aliphatic rings. The van der Waals surface area contributed by atoms with Gasteiger partial charge in [-0.1, -0.05) is 0 Å². The van der Waals surface area contributed by atoms with Crippen LogP contribution in [0.5, 0.6) is 28.7 Å². The van der Waals surface area contributed by atoms with E-state index in [2.05, 4.69) is 0 Å². The molecule has 0 radical (unpaired) electrons. The second-order valence-electron chi connectivity index (χ2n) is 5.03. The van der Waals surface area contributed by atoms with Crippen molar-refractivity contribution in [3.63, 3.8) is 0 Å². The van der Waals surface area contributed by atoms with Crippen molar-refractivity contribution in [2.45, 2.75) is 0 Å². The molecule has 0 aliphatic heterocycles. The van der Waals surface area contributed by atoms with Crippen LogP contribution in [0.15, 0.2) is 36.4 Å². The zero-order valence-electron chi connectivity index (χ0n) is 14.5. The molecule has 2 rings (SSSR count). The number of benzene rings is 2. The Kier molecular flexibility index (Phi) is 5.89. The highest BCUT2D eigenvalue weighted by Crippen LogP contribution is 2.35. The molecule has 0 aromatic heterocycles. The van der Waals surface area contributed by atoms with Gasteiger partial charge in [0.05, 0.1) is 39.6 Å². The maximum absolute atomic E-state index is 12.4. The molecule has 132 valence electrons. The summed E-state index contributed by atoms with van der Waals surface area (Å²) in [4.78, 5) is 12.4. The number of aromatic hydroxyl groups is 1. The number of hydrogen-bond acceptors (Lipinski definition) is 6. The van der Waals surface area contributed by atoms with Crippen LogP contribution < -0.4 is 18.9 Å². The predicted octanol–water partition coefficient (Wildman–Crippen LogP) is 3.32. The molecule has 0 unspecified atom stereocenters. The maximum Gasteiger partial charge on any atom is 0.189 e. The van der Waals surface area contributed by atoms with Crippen LogP contribution in [0.3, 0.4) is 0 Å². The van der Waals surface area contributed by atoms with E-state index in [1.165, 1.54) is 39.5 Å². The van der Waals surface area contributed by atoms with Crippen molar-refractivity contribution < 1.29 is 28.8 Å². The summed E-state index contributed by atoms with van der Waals surface area (Å²) in [7, 11) is 6.06. The molecule has 0 heterocycles. The summed E-state index contributed by atoms with van der Waals surface area (Å²) in [6.45, 7) is 0. The molecule has 2 aromatic rings. The highest BCUT2D eigenvalue weighted by atomic mass is 16.5. The van der Waals surface area contributed by atoms with Gasteiger partial charge in [0.15, 0.2) is 5.78 Å². The smallest absolute Gasteiger partial charge is 0.189 e.